The Morgan fingerprint density at radius 2 is 1.86 bits per heavy atom. The van der Waals surface area contributed by atoms with E-state index < -0.39 is 0 Å². The van der Waals surface area contributed by atoms with Crippen LogP contribution in [-0.2, 0) is 4.74 Å². The fourth-order valence-corrected chi connectivity index (χ4v) is 5.68. The number of methoxy groups -OCH3 is 1. The lowest BCUT2D eigenvalue weighted by molar-refractivity contribution is 0.00208. The smallest absolute Gasteiger partial charge is 0.239 e. The Bertz CT molecular complexity index is 1300. The number of piperidine rings is 1. The first-order valence-electron chi connectivity index (χ1n) is 12.8. The number of nitrogens with zero attached hydrogens (tertiary/aromatic N) is 5. The molecule has 36 heavy (non-hydrogen) atoms. The monoisotopic (exact) mass is 486 g/mol. The van der Waals surface area contributed by atoms with Gasteiger partial charge in [0.25, 0.3) is 0 Å². The highest BCUT2D eigenvalue weighted by molar-refractivity contribution is 5.90. The van der Waals surface area contributed by atoms with E-state index in [9.17, 15) is 5.26 Å². The van der Waals surface area contributed by atoms with E-state index in [0.29, 0.717) is 28.3 Å². The van der Waals surface area contributed by atoms with E-state index in [4.69, 9.17) is 19.4 Å². The number of aromatic nitrogens is 3. The zero-order valence-corrected chi connectivity index (χ0v) is 21.6. The van der Waals surface area contributed by atoms with Crippen LogP contribution in [0.4, 0.5) is 11.5 Å². The van der Waals surface area contributed by atoms with Gasteiger partial charge in [0.05, 0.1) is 30.2 Å². The molecule has 4 heterocycles. The van der Waals surface area contributed by atoms with Crippen LogP contribution >= 0.6 is 0 Å². The van der Waals surface area contributed by atoms with Gasteiger partial charge >= 0.3 is 0 Å². The summed E-state index contributed by atoms with van der Waals surface area (Å²) < 4.78 is 11.4. The minimum Gasteiger partial charge on any atom is -0.479 e. The second-order valence-electron chi connectivity index (χ2n) is 10.1. The maximum atomic E-state index is 9.46. The van der Waals surface area contributed by atoms with Crippen LogP contribution in [0.15, 0.2) is 24.3 Å². The van der Waals surface area contributed by atoms with Crippen molar-refractivity contribution in [2.75, 3.05) is 43.6 Å². The summed E-state index contributed by atoms with van der Waals surface area (Å²) in [6, 6.07) is 10.2. The third-order valence-corrected chi connectivity index (χ3v) is 7.97. The molecule has 3 aromatic rings. The number of pyridine rings is 1. The number of nitrogens with one attached hydrogen (secondary N) is 1. The van der Waals surface area contributed by atoms with E-state index >= 15 is 0 Å². The van der Waals surface area contributed by atoms with Crippen LogP contribution in [0.5, 0.6) is 5.88 Å². The number of ether oxygens (including phenoxy) is 2. The lowest BCUT2D eigenvalue weighted by atomic mass is 9.72. The van der Waals surface area contributed by atoms with Gasteiger partial charge in [0.2, 0.25) is 5.88 Å². The van der Waals surface area contributed by atoms with Crippen molar-refractivity contribution < 1.29 is 9.47 Å². The highest BCUT2D eigenvalue weighted by Crippen LogP contribution is 2.43. The van der Waals surface area contributed by atoms with Crippen molar-refractivity contribution in [2.45, 2.75) is 52.5 Å². The van der Waals surface area contributed by atoms with Crippen molar-refractivity contribution in [1.29, 1.82) is 5.26 Å². The number of benzene rings is 1. The van der Waals surface area contributed by atoms with E-state index in [1.54, 1.807) is 7.11 Å². The fraction of sp³-hybridized carbons (Fsp3) is 0.500. The minimum atomic E-state index is -0.0512. The molecule has 8 nitrogen and oxygen atoms in total. The van der Waals surface area contributed by atoms with Crippen molar-refractivity contribution in [3.8, 4) is 11.9 Å². The Kier molecular flexibility index (Phi) is 6.67. The Morgan fingerprint density at radius 3 is 2.56 bits per heavy atom. The van der Waals surface area contributed by atoms with Crippen LogP contribution in [0.1, 0.15) is 61.2 Å². The van der Waals surface area contributed by atoms with Gasteiger partial charge in [-0.3, -0.25) is 0 Å². The van der Waals surface area contributed by atoms with Crippen molar-refractivity contribution in [3.63, 3.8) is 0 Å². The number of nitriles is 1. The zero-order chi connectivity index (χ0) is 25.3. The third-order valence-electron chi connectivity index (χ3n) is 7.97. The van der Waals surface area contributed by atoms with E-state index in [1.165, 1.54) is 0 Å². The summed E-state index contributed by atoms with van der Waals surface area (Å²) in [5.41, 5.74) is 4.73. The molecule has 1 spiro atoms. The van der Waals surface area contributed by atoms with Crippen molar-refractivity contribution in [2.24, 2.45) is 5.41 Å². The molecule has 1 atom stereocenters. The Morgan fingerprint density at radius 1 is 1.11 bits per heavy atom. The summed E-state index contributed by atoms with van der Waals surface area (Å²) in [7, 11) is 1.67. The molecule has 2 aliphatic heterocycles. The molecule has 2 aliphatic rings. The molecule has 2 aromatic heterocycles. The summed E-state index contributed by atoms with van der Waals surface area (Å²) in [4.78, 5) is 16.5. The van der Waals surface area contributed by atoms with Crippen LogP contribution in [-0.4, -0.2) is 48.4 Å². The molecule has 1 aromatic carbocycles. The summed E-state index contributed by atoms with van der Waals surface area (Å²) in [5.74, 6) is 1.97. The lowest BCUT2D eigenvalue weighted by Crippen LogP contribution is -2.43. The Hall–Kier alpha value is -3.44. The Balaban J connectivity index is 1.48. The largest absolute Gasteiger partial charge is 0.479 e. The highest BCUT2D eigenvalue weighted by atomic mass is 16.5. The number of fused-ring (bicyclic) bond motifs is 1. The van der Waals surface area contributed by atoms with Gasteiger partial charge in [-0.15, -0.1) is 0 Å². The standard InChI is InChI=1S/C28H34N6O2/c1-18-21(17-29)6-5-7-22(18)19(2)30-25-23-16-24(27(35-4)33-26(23)32-20(3)31-25)34-12-8-28(9-13-34)10-14-36-15-11-28/h5-7,16,19H,8-15H2,1-4H3,(H,30,31,32,33)/t19-/m1/s1. The third kappa shape index (κ3) is 4.56. The predicted molar refractivity (Wildman–Crippen MR) is 140 cm³/mol. The van der Waals surface area contributed by atoms with Crippen molar-refractivity contribution in [3.05, 3.63) is 46.8 Å². The maximum absolute atomic E-state index is 9.46. The SMILES string of the molecule is COc1nc2nc(C)nc(N[C@H](C)c3cccc(C#N)c3C)c2cc1N1CCC2(CCOCC2)CC1. The Labute approximate surface area is 212 Å². The minimum absolute atomic E-state index is 0.0512. The summed E-state index contributed by atoms with van der Waals surface area (Å²) in [6.07, 6.45) is 4.61. The van der Waals surface area contributed by atoms with Crippen LogP contribution in [0.3, 0.4) is 0 Å². The zero-order valence-electron chi connectivity index (χ0n) is 21.6. The average molecular weight is 487 g/mol. The molecule has 0 radical (unpaired) electrons. The second-order valence-corrected chi connectivity index (χ2v) is 10.1. The van der Waals surface area contributed by atoms with Crippen LogP contribution in [0, 0.1) is 30.6 Å². The van der Waals surface area contributed by atoms with Crippen molar-refractivity contribution in [1.82, 2.24) is 15.0 Å². The van der Waals surface area contributed by atoms with Gasteiger partial charge in [0.15, 0.2) is 5.65 Å². The molecule has 2 fully saturated rings. The normalized spacial score (nSPS) is 18.1. The van der Waals surface area contributed by atoms with Crippen LogP contribution in [0.2, 0.25) is 0 Å². The predicted octanol–water partition coefficient (Wildman–Crippen LogP) is 5.09. The molecule has 0 amide bonds. The topological polar surface area (TPSA) is 96.2 Å². The van der Waals surface area contributed by atoms with Gasteiger partial charge in [0, 0.05) is 26.3 Å². The van der Waals surface area contributed by atoms with E-state index in [0.717, 1.165) is 80.0 Å². The molecule has 0 unspecified atom stereocenters. The number of anilines is 2. The molecular formula is C28H34N6O2. The molecule has 8 heteroatoms. The van der Waals surface area contributed by atoms with Gasteiger partial charge in [-0.25, -0.2) is 9.97 Å². The number of rotatable bonds is 5. The summed E-state index contributed by atoms with van der Waals surface area (Å²) in [6.45, 7) is 9.63. The second kappa shape index (κ2) is 9.90. The summed E-state index contributed by atoms with van der Waals surface area (Å²) in [5, 5.41) is 13.9. The molecule has 0 saturated carbocycles. The van der Waals surface area contributed by atoms with Crippen molar-refractivity contribution >= 4 is 22.5 Å². The number of aryl methyl sites for hydroxylation is 1. The van der Waals surface area contributed by atoms with Gasteiger partial charge in [-0.05, 0) is 75.1 Å². The molecule has 188 valence electrons. The van der Waals surface area contributed by atoms with Gasteiger partial charge in [-0.1, -0.05) is 12.1 Å². The van der Waals surface area contributed by atoms with Crippen LogP contribution in [0.25, 0.3) is 11.0 Å². The first-order chi connectivity index (χ1) is 17.4. The van der Waals surface area contributed by atoms with E-state index in [-0.39, 0.29) is 6.04 Å². The van der Waals surface area contributed by atoms with Crippen LogP contribution < -0.4 is 15.0 Å². The fourth-order valence-electron chi connectivity index (χ4n) is 5.68. The highest BCUT2D eigenvalue weighted by Gasteiger charge is 2.37. The first kappa shape index (κ1) is 24.3. The molecule has 2 saturated heterocycles. The molecule has 0 aliphatic carbocycles. The molecule has 5 rings (SSSR count). The average Bonchev–Trinajstić information content (AvgIpc) is 2.89. The summed E-state index contributed by atoms with van der Waals surface area (Å²) >= 11 is 0. The first-order valence-corrected chi connectivity index (χ1v) is 12.8. The quantitative estimate of drug-likeness (QED) is 0.533. The van der Waals surface area contributed by atoms with Gasteiger partial charge in [0.1, 0.15) is 17.3 Å². The molecule has 0 bridgehead atoms. The van der Waals surface area contributed by atoms with Gasteiger partial charge < -0.3 is 19.7 Å². The number of hydrogen-bond donors (Lipinski definition) is 1. The maximum Gasteiger partial charge on any atom is 0.239 e. The molecular weight excluding hydrogens is 452 g/mol. The van der Waals surface area contributed by atoms with Gasteiger partial charge in [-0.2, -0.15) is 10.2 Å². The number of hydrogen-bond acceptors (Lipinski definition) is 8. The van der Waals surface area contributed by atoms with E-state index in [2.05, 4.69) is 40.3 Å². The molecule has 1 N–H and O–H groups in total. The van der Waals surface area contributed by atoms with E-state index in [1.807, 2.05) is 26.0 Å². The lowest BCUT2D eigenvalue weighted by Gasteiger charge is -2.44.